The molecule has 1 fully saturated rings. The minimum atomic E-state index is -5.00. The lowest BCUT2D eigenvalue weighted by Gasteiger charge is -2.35. The number of aromatic nitrogens is 2. The fourth-order valence-electron chi connectivity index (χ4n) is 6.16. The van der Waals surface area contributed by atoms with E-state index < -0.39 is 49.7 Å². The molecule has 13 heteroatoms. The lowest BCUT2D eigenvalue weighted by atomic mass is 9.98. The van der Waals surface area contributed by atoms with Gasteiger partial charge in [-0.3, -0.25) is 23.7 Å². The van der Waals surface area contributed by atoms with Gasteiger partial charge in [0.1, 0.15) is 12.3 Å². The van der Waals surface area contributed by atoms with Crippen LogP contribution in [0.3, 0.4) is 0 Å². The average Bonchev–Trinajstić information content (AvgIpc) is 3.48. The summed E-state index contributed by atoms with van der Waals surface area (Å²) in [7, 11) is -5.00. The van der Waals surface area contributed by atoms with Gasteiger partial charge in [-0.2, -0.15) is 0 Å². The summed E-state index contributed by atoms with van der Waals surface area (Å²) in [4.78, 5) is 59.1. The number of aryl methyl sites for hydroxylation is 1. The third kappa shape index (κ3) is 15.4. The Morgan fingerprint density at radius 1 is 0.978 bits per heavy atom. The van der Waals surface area contributed by atoms with Crippen LogP contribution >= 0.6 is 7.82 Å². The maximum Gasteiger partial charge on any atom is 0.470 e. The van der Waals surface area contributed by atoms with E-state index in [0.29, 0.717) is 31.4 Å². The van der Waals surface area contributed by atoms with Crippen molar-refractivity contribution in [3.63, 3.8) is 0 Å². The third-order valence-electron chi connectivity index (χ3n) is 8.74. The smallest absolute Gasteiger partial charge is 0.377 e. The normalized spacial score (nSPS) is 18.8. The first-order chi connectivity index (χ1) is 22.0. The van der Waals surface area contributed by atoms with Crippen LogP contribution in [-0.2, 0) is 23.4 Å². The molecule has 0 aliphatic carbocycles. The molecule has 5 atom stereocenters. The Kier molecular flexibility index (Phi) is 19.2. The Morgan fingerprint density at radius 3 is 2.04 bits per heavy atom. The zero-order chi connectivity index (χ0) is 34.0. The molecule has 0 spiro atoms. The number of hydrogen-bond acceptors (Lipinski definition) is 7. The van der Waals surface area contributed by atoms with Gasteiger partial charge in [0.05, 0.1) is 18.2 Å². The number of aromatic amines is 1. The largest absolute Gasteiger partial charge is 0.470 e. The molecule has 1 saturated heterocycles. The van der Waals surface area contributed by atoms with Gasteiger partial charge in [0.2, 0.25) is 5.91 Å². The zero-order valence-corrected chi connectivity index (χ0v) is 29.4. The summed E-state index contributed by atoms with van der Waals surface area (Å²) in [6, 6.07) is -0.922. The lowest BCUT2D eigenvalue weighted by molar-refractivity contribution is -0.128. The number of carbonyl (C=O) groups is 1. The first-order valence-electron chi connectivity index (χ1n) is 17.6. The van der Waals surface area contributed by atoms with Crippen LogP contribution < -0.4 is 16.6 Å². The number of nitrogens with zero attached hydrogens (tertiary/aromatic N) is 1. The van der Waals surface area contributed by atoms with Crippen molar-refractivity contribution in [2.45, 2.75) is 174 Å². The number of carbonyl (C=O) groups excluding carboxylic acids is 1. The van der Waals surface area contributed by atoms with Crippen LogP contribution in [0, 0.1) is 6.92 Å². The van der Waals surface area contributed by atoms with Gasteiger partial charge in [0.25, 0.3) is 5.56 Å². The summed E-state index contributed by atoms with van der Waals surface area (Å²) in [5, 5.41) is 2.91. The van der Waals surface area contributed by atoms with Gasteiger partial charge in [-0.05, 0) is 40.0 Å². The molecule has 0 aromatic carbocycles. The van der Waals surface area contributed by atoms with E-state index in [2.05, 4.69) is 17.2 Å². The van der Waals surface area contributed by atoms with Gasteiger partial charge in [0.15, 0.2) is 0 Å². The van der Waals surface area contributed by atoms with Crippen LogP contribution in [0.4, 0.5) is 0 Å². The summed E-state index contributed by atoms with van der Waals surface area (Å²) in [5.41, 5.74) is -0.825. The number of H-pyrrole nitrogens is 1. The standard InChI is InChI=1S/C33H60N3O9P/c1-5-7-8-9-10-11-12-13-14-15-16-17-18-19-20-21-28(37)34-30(26(4)43-6-2)31(45-46(40,41)42)27-22-23-29(44-27)36-24-25(3)32(38)35-33(36)39/h24,26-27,29-31H,5-23H2,1-4H3,(H,34,37)(H,35,38,39)(H2,40,41,42)/t26?,27-,29+,30?,31?/m0/s1. The number of nitrogens with one attached hydrogen (secondary N) is 2. The molecule has 2 rings (SSSR count). The molecule has 1 amide bonds. The van der Waals surface area contributed by atoms with Crippen LogP contribution in [-0.4, -0.2) is 56.2 Å². The third-order valence-corrected chi connectivity index (χ3v) is 9.25. The molecule has 266 valence electrons. The molecule has 1 aliphatic heterocycles. The Hall–Kier alpha value is -1.82. The number of hydrogen-bond donors (Lipinski definition) is 4. The molecule has 46 heavy (non-hydrogen) atoms. The summed E-state index contributed by atoms with van der Waals surface area (Å²) in [6.45, 7) is 7.62. The van der Waals surface area contributed by atoms with Crippen molar-refractivity contribution in [2.24, 2.45) is 0 Å². The van der Waals surface area contributed by atoms with Crippen molar-refractivity contribution in [3.8, 4) is 0 Å². The van der Waals surface area contributed by atoms with Crippen molar-refractivity contribution in [1.82, 2.24) is 14.9 Å². The Morgan fingerprint density at radius 2 is 1.52 bits per heavy atom. The number of phosphoric ester groups is 1. The van der Waals surface area contributed by atoms with Crippen LogP contribution in [0.5, 0.6) is 0 Å². The van der Waals surface area contributed by atoms with Crippen LogP contribution in [0.2, 0.25) is 0 Å². The fraction of sp³-hybridized carbons (Fsp3) is 0.848. The quantitative estimate of drug-likeness (QED) is 0.0700. The molecule has 12 nitrogen and oxygen atoms in total. The summed E-state index contributed by atoms with van der Waals surface area (Å²) in [5.74, 6) is -0.257. The van der Waals surface area contributed by atoms with Crippen molar-refractivity contribution in [3.05, 3.63) is 32.6 Å². The Balaban J connectivity index is 1.85. The van der Waals surface area contributed by atoms with Gasteiger partial charge in [-0.25, -0.2) is 9.36 Å². The predicted molar refractivity (Wildman–Crippen MR) is 179 cm³/mol. The van der Waals surface area contributed by atoms with E-state index in [1.165, 1.54) is 81.4 Å². The Bertz CT molecular complexity index is 1170. The maximum absolute atomic E-state index is 13.0. The second-order valence-electron chi connectivity index (χ2n) is 12.7. The van der Waals surface area contributed by atoms with Gasteiger partial charge in [-0.15, -0.1) is 0 Å². The first-order valence-corrected chi connectivity index (χ1v) is 19.1. The highest BCUT2D eigenvalue weighted by atomic mass is 31.2. The highest BCUT2D eigenvalue weighted by molar-refractivity contribution is 7.46. The second kappa shape index (κ2) is 21.9. The topological polar surface area (TPSA) is 169 Å². The van der Waals surface area contributed by atoms with E-state index >= 15 is 0 Å². The monoisotopic (exact) mass is 673 g/mol. The Labute approximate surface area is 274 Å². The van der Waals surface area contributed by atoms with E-state index in [-0.39, 0.29) is 12.3 Å². The van der Waals surface area contributed by atoms with E-state index in [9.17, 15) is 28.7 Å². The summed E-state index contributed by atoms with van der Waals surface area (Å²) >= 11 is 0. The molecule has 0 radical (unpaired) electrons. The van der Waals surface area contributed by atoms with Gasteiger partial charge >= 0.3 is 13.5 Å². The van der Waals surface area contributed by atoms with Crippen molar-refractivity contribution in [1.29, 1.82) is 0 Å². The van der Waals surface area contributed by atoms with Crippen molar-refractivity contribution in [2.75, 3.05) is 6.61 Å². The lowest BCUT2D eigenvalue weighted by Crippen LogP contribution is -2.55. The number of ether oxygens (including phenoxy) is 2. The van der Waals surface area contributed by atoms with Crippen molar-refractivity contribution < 1.29 is 33.1 Å². The molecular formula is C33H60N3O9P. The van der Waals surface area contributed by atoms with Crippen molar-refractivity contribution >= 4 is 13.7 Å². The van der Waals surface area contributed by atoms with Gasteiger partial charge in [-0.1, -0.05) is 96.8 Å². The fourth-order valence-corrected chi connectivity index (χ4v) is 6.75. The predicted octanol–water partition coefficient (Wildman–Crippen LogP) is 6.17. The molecule has 2 heterocycles. The average molecular weight is 674 g/mol. The SMILES string of the molecule is CCCCCCCCCCCCCCCCCC(=O)NC(C(C)OCC)C(OP(=O)(O)O)[C@@H]1CC[C@H](n2cc(C)c(=O)[nH]c2=O)O1. The minimum Gasteiger partial charge on any atom is -0.377 e. The van der Waals surface area contributed by atoms with E-state index in [4.69, 9.17) is 14.0 Å². The number of phosphoric acid groups is 1. The van der Waals surface area contributed by atoms with E-state index in [0.717, 1.165) is 19.3 Å². The van der Waals surface area contributed by atoms with Gasteiger partial charge in [0, 0.05) is 24.8 Å². The summed E-state index contributed by atoms with van der Waals surface area (Å²) in [6.07, 6.45) is 17.2. The summed E-state index contributed by atoms with van der Waals surface area (Å²) < 4.78 is 30.4. The molecule has 3 unspecified atom stereocenters. The minimum absolute atomic E-state index is 0.257. The molecule has 0 saturated carbocycles. The van der Waals surface area contributed by atoms with Crippen LogP contribution in [0.1, 0.15) is 148 Å². The second-order valence-corrected chi connectivity index (χ2v) is 13.9. The molecule has 1 aromatic heterocycles. The number of unbranched alkanes of at least 4 members (excludes halogenated alkanes) is 14. The van der Waals surface area contributed by atoms with E-state index in [1.54, 1.807) is 20.8 Å². The van der Waals surface area contributed by atoms with Crippen LogP contribution in [0.25, 0.3) is 0 Å². The van der Waals surface area contributed by atoms with E-state index in [1.807, 2.05) is 0 Å². The molecular weight excluding hydrogens is 613 g/mol. The first kappa shape index (κ1) is 40.4. The molecule has 1 aliphatic rings. The number of rotatable bonds is 25. The molecule has 4 N–H and O–H groups in total. The molecule has 0 bridgehead atoms. The number of amides is 1. The molecule has 1 aromatic rings. The highest BCUT2D eigenvalue weighted by Gasteiger charge is 2.44. The maximum atomic E-state index is 13.0. The van der Waals surface area contributed by atoms with Crippen LogP contribution in [0.15, 0.2) is 15.8 Å². The zero-order valence-electron chi connectivity index (χ0n) is 28.5. The highest BCUT2D eigenvalue weighted by Crippen LogP contribution is 2.43. The van der Waals surface area contributed by atoms with Gasteiger partial charge < -0.3 is 24.6 Å².